The molecule has 164 valence electrons. The largest absolute Gasteiger partial charge is 0.351 e. The molecule has 3 N–H and O–H groups in total. The molecule has 0 saturated heterocycles. The second-order valence-electron chi connectivity index (χ2n) is 7.74. The highest BCUT2D eigenvalue weighted by Crippen LogP contribution is 2.37. The van der Waals surface area contributed by atoms with Crippen molar-refractivity contribution in [3.63, 3.8) is 0 Å². The van der Waals surface area contributed by atoms with Crippen LogP contribution >= 0.6 is 22.6 Å². The summed E-state index contributed by atoms with van der Waals surface area (Å²) in [6.45, 7) is 3.50. The Morgan fingerprint density at radius 1 is 1.26 bits per heavy atom. The number of halogens is 2. The van der Waals surface area contributed by atoms with E-state index in [-0.39, 0.29) is 17.3 Å². The fraction of sp³-hybridized carbons (Fsp3) is 0.286. The Kier molecular flexibility index (Phi) is 5.86. The van der Waals surface area contributed by atoms with Gasteiger partial charge in [0, 0.05) is 21.7 Å². The van der Waals surface area contributed by atoms with E-state index < -0.39 is 26.6 Å². The van der Waals surface area contributed by atoms with E-state index >= 15 is 4.39 Å². The predicted octanol–water partition coefficient (Wildman–Crippen LogP) is 4.50. The fourth-order valence-electron chi connectivity index (χ4n) is 3.40. The van der Waals surface area contributed by atoms with Gasteiger partial charge in [0.15, 0.2) is 0 Å². The minimum Gasteiger partial charge on any atom is -0.351 e. The van der Waals surface area contributed by atoms with E-state index in [1.807, 2.05) is 19.1 Å². The summed E-state index contributed by atoms with van der Waals surface area (Å²) in [5.41, 5.74) is 0.277. The SMILES string of the molecule is Cc1cc(I)ccc1Nc1c(NS(=O)(=O)C(C)C2CC2)cn(-c2ccc[nH]2)c(=O)c1F. The summed E-state index contributed by atoms with van der Waals surface area (Å²) in [6.07, 6.45) is 4.61. The second-order valence-corrected chi connectivity index (χ2v) is 11.0. The molecular formula is C21H22FIN4O3S. The zero-order chi connectivity index (χ0) is 22.3. The topological polar surface area (TPSA) is 96.0 Å². The van der Waals surface area contributed by atoms with E-state index in [2.05, 4.69) is 37.6 Å². The number of nitrogens with zero attached hydrogens (tertiary/aromatic N) is 1. The third kappa shape index (κ3) is 4.49. The Labute approximate surface area is 193 Å². The zero-order valence-electron chi connectivity index (χ0n) is 16.9. The van der Waals surface area contributed by atoms with Crippen molar-refractivity contribution in [3.05, 3.63) is 68.0 Å². The highest BCUT2D eigenvalue weighted by molar-refractivity contribution is 14.1. The van der Waals surface area contributed by atoms with Gasteiger partial charge in [0.25, 0.3) is 5.56 Å². The van der Waals surface area contributed by atoms with Gasteiger partial charge in [-0.25, -0.2) is 8.42 Å². The van der Waals surface area contributed by atoms with Crippen LogP contribution in [0.25, 0.3) is 5.82 Å². The first kappa shape index (κ1) is 21.9. The van der Waals surface area contributed by atoms with Crippen LogP contribution in [-0.2, 0) is 10.0 Å². The first-order valence-corrected chi connectivity index (χ1v) is 12.4. The Hall–Kier alpha value is -2.34. The maximum atomic E-state index is 15.3. The molecule has 7 nitrogen and oxygen atoms in total. The molecule has 1 saturated carbocycles. The lowest BCUT2D eigenvalue weighted by Gasteiger charge is -2.20. The number of aromatic amines is 1. The van der Waals surface area contributed by atoms with Crippen molar-refractivity contribution < 1.29 is 12.8 Å². The average molecular weight is 556 g/mol. The summed E-state index contributed by atoms with van der Waals surface area (Å²) in [7, 11) is -3.78. The van der Waals surface area contributed by atoms with Gasteiger partial charge in [0.2, 0.25) is 15.8 Å². The molecule has 4 rings (SSSR count). The van der Waals surface area contributed by atoms with Crippen LogP contribution in [0.2, 0.25) is 0 Å². The summed E-state index contributed by atoms with van der Waals surface area (Å²) in [4.78, 5) is 15.6. The molecule has 2 aromatic heterocycles. The molecule has 1 aliphatic carbocycles. The molecule has 1 atom stereocenters. The lowest BCUT2D eigenvalue weighted by Crippen LogP contribution is -2.30. The summed E-state index contributed by atoms with van der Waals surface area (Å²) in [6, 6.07) is 8.77. The van der Waals surface area contributed by atoms with Gasteiger partial charge < -0.3 is 10.3 Å². The van der Waals surface area contributed by atoms with Gasteiger partial charge >= 0.3 is 0 Å². The number of aromatic nitrogens is 2. The number of rotatable bonds is 7. The zero-order valence-corrected chi connectivity index (χ0v) is 19.9. The van der Waals surface area contributed by atoms with E-state index in [0.29, 0.717) is 11.5 Å². The molecule has 0 aliphatic heterocycles. The first-order valence-electron chi connectivity index (χ1n) is 9.81. The Morgan fingerprint density at radius 2 is 2.00 bits per heavy atom. The van der Waals surface area contributed by atoms with E-state index in [1.165, 1.54) is 6.20 Å². The van der Waals surface area contributed by atoms with Crippen molar-refractivity contribution in [3.8, 4) is 5.82 Å². The molecule has 10 heteroatoms. The van der Waals surface area contributed by atoms with Crippen molar-refractivity contribution in [1.82, 2.24) is 9.55 Å². The highest BCUT2D eigenvalue weighted by atomic mass is 127. The molecule has 1 fully saturated rings. The standard InChI is InChI=1S/C21H22FIN4O3S/c1-12-10-15(23)7-8-16(12)25-20-17(26-31(29,30)13(2)14-5-6-14)11-27(21(28)19(20)22)18-4-3-9-24-18/h3-4,7-11,13-14,24-26H,5-6H2,1-2H3. The van der Waals surface area contributed by atoms with Crippen LogP contribution in [0.15, 0.2) is 47.5 Å². The summed E-state index contributed by atoms with van der Waals surface area (Å²) >= 11 is 2.17. The number of nitrogens with one attached hydrogen (secondary N) is 3. The lowest BCUT2D eigenvalue weighted by atomic mass is 10.2. The Balaban J connectivity index is 1.83. The summed E-state index contributed by atoms with van der Waals surface area (Å²) < 4.78 is 45.8. The van der Waals surface area contributed by atoms with Gasteiger partial charge in [-0.3, -0.25) is 14.1 Å². The van der Waals surface area contributed by atoms with Crippen molar-refractivity contribution >= 4 is 49.7 Å². The van der Waals surface area contributed by atoms with Crippen LogP contribution in [0.4, 0.5) is 21.5 Å². The number of pyridine rings is 1. The third-order valence-electron chi connectivity index (χ3n) is 5.47. The molecule has 0 spiro atoms. The van der Waals surface area contributed by atoms with Crippen LogP contribution in [0, 0.1) is 22.2 Å². The smallest absolute Gasteiger partial charge is 0.294 e. The minimum atomic E-state index is -3.78. The average Bonchev–Trinajstić information content (AvgIpc) is 3.42. The van der Waals surface area contributed by atoms with Crippen LogP contribution in [0.1, 0.15) is 25.3 Å². The molecule has 1 unspecified atom stereocenters. The summed E-state index contributed by atoms with van der Waals surface area (Å²) in [5.74, 6) is -0.657. The van der Waals surface area contributed by atoms with E-state index in [4.69, 9.17) is 0 Å². The van der Waals surface area contributed by atoms with Gasteiger partial charge in [-0.15, -0.1) is 0 Å². The van der Waals surface area contributed by atoms with Crippen molar-refractivity contribution in [1.29, 1.82) is 0 Å². The van der Waals surface area contributed by atoms with Crippen LogP contribution in [-0.4, -0.2) is 23.2 Å². The monoisotopic (exact) mass is 556 g/mol. The predicted molar refractivity (Wildman–Crippen MR) is 128 cm³/mol. The number of sulfonamides is 1. The van der Waals surface area contributed by atoms with Crippen molar-refractivity contribution in [2.45, 2.75) is 31.9 Å². The van der Waals surface area contributed by atoms with Gasteiger partial charge in [-0.05, 0) is 91.1 Å². The lowest BCUT2D eigenvalue weighted by molar-refractivity contribution is 0.579. The fourth-order valence-corrected chi connectivity index (χ4v) is 5.47. The normalized spacial score (nSPS) is 15.0. The van der Waals surface area contributed by atoms with Crippen LogP contribution in [0.3, 0.4) is 0 Å². The molecule has 1 aliphatic rings. The molecule has 1 aromatic carbocycles. The number of H-pyrrole nitrogens is 1. The molecular weight excluding hydrogens is 534 g/mol. The molecule has 31 heavy (non-hydrogen) atoms. The summed E-state index contributed by atoms with van der Waals surface area (Å²) in [5, 5.41) is 2.31. The quantitative estimate of drug-likeness (QED) is 0.374. The number of aryl methyl sites for hydroxylation is 1. The van der Waals surface area contributed by atoms with Gasteiger partial charge in [-0.2, -0.15) is 4.39 Å². The van der Waals surface area contributed by atoms with Gasteiger partial charge in [-0.1, -0.05) is 0 Å². The number of anilines is 3. The first-order chi connectivity index (χ1) is 14.7. The molecule has 2 heterocycles. The highest BCUT2D eigenvalue weighted by Gasteiger charge is 2.37. The van der Waals surface area contributed by atoms with Crippen molar-refractivity contribution in [2.24, 2.45) is 5.92 Å². The third-order valence-corrected chi connectivity index (χ3v) is 8.01. The van der Waals surface area contributed by atoms with Gasteiger partial charge in [0.05, 0.1) is 10.9 Å². The van der Waals surface area contributed by atoms with E-state index in [1.54, 1.807) is 31.3 Å². The maximum Gasteiger partial charge on any atom is 0.294 e. The molecule has 3 aromatic rings. The number of hydrogen-bond acceptors (Lipinski definition) is 4. The maximum absolute atomic E-state index is 15.3. The van der Waals surface area contributed by atoms with E-state index in [9.17, 15) is 13.2 Å². The minimum absolute atomic E-state index is 0.0304. The van der Waals surface area contributed by atoms with Gasteiger partial charge in [0.1, 0.15) is 11.5 Å². The number of benzene rings is 1. The molecule has 0 radical (unpaired) electrons. The molecule has 0 amide bonds. The van der Waals surface area contributed by atoms with Crippen LogP contribution in [0.5, 0.6) is 0 Å². The van der Waals surface area contributed by atoms with Crippen molar-refractivity contribution in [2.75, 3.05) is 10.0 Å². The Morgan fingerprint density at radius 3 is 2.61 bits per heavy atom. The van der Waals surface area contributed by atoms with Crippen LogP contribution < -0.4 is 15.6 Å². The Bertz CT molecular complexity index is 1280. The second kappa shape index (κ2) is 8.30. The molecule has 0 bridgehead atoms. The van der Waals surface area contributed by atoms with E-state index in [0.717, 1.165) is 26.5 Å². The number of hydrogen-bond donors (Lipinski definition) is 3.